The number of hydrogen-bond acceptors (Lipinski definition) is 2. The second-order valence-electron chi connectivity index (χ2n) is 6.34. The van der Waals surface area contributed by atoms with Crippen molar-refractivity contribution in [3.05, 3.63) is 29.8 Å². The highest BCUT2D eigenvalue weighted by atomic mass is 16.5. The van der Waals surface area contributed by atoms with Crippen molar-refractivity contribution >= 4 is 0 Å². The van der Waals surface area contributed by atoms with Gasteiger partial charge in [0.25, 0.3) is 0 Å². The minimum atomic E-state index is 0.489. The molecule has 0 saturated heterocycles. The monoisotopic (exact) mass is 289 g/mol. The van der Waals surface area contributed by atoms with Crippen LogP contribution in [0.3, 0.4) is 0 Å². The van der Waals surface area contributed by atoms with E-state index < -0.39 is 0 Å². The normalized spacial score (nSPS) is 23.8. The van der Waals surface area contributed by atoms with Gasteiger partial charge in [-0.1, -0.05) is 44.7 Å². The van der Waals surface area contributed by atoms with Crippen LogP contribution in [-0.2, 0) is 0 Å². The third-order valence-electron chi connectivity index (χ3n) is 4.92. The second-order valence-corrected chi connectivity index (χ2v) is 6.34. The van der Waals surface area contributed by atoms with Gasteiger partial charge in [0.2, 0.25) is 0 Å². The lowest BCUT2D eigenvalue weighted by Crippen LogP contribution is -2.28. The zero-order chi connectivity index (χ0) is 15.1. The van der Waals surface area contributed by atoms with Gasteiger partial charge in [0, 0.05) is 6.04 Å². The first-order valence-electron chi connectivity index (χ1n) is 8.68. The Morgan fingerprint density at radius 2 is 1.76 bits per heavy atom. The van der Waals surface area contributed by atoms with E-state index in [0.29, 0.717) is 6.04 Å². The van der Waals surface area contributed by atoms with Gasteiger partial charge < -0.3 is 10.1 Å². The summed E-state index contributed by atoms with van der Waals surface area (Å²) < 4.78 is 5.54. The number of hydrogen-bond donors (Lipinski definition) is 1. The van der Waals surface area contributed by atoms with E-state index in [9.17, 15) is 0 Å². The van der Waals surface area contributed by atoms with Gasteiger partial charge in [0.05, 0.1) is 6.61 Å². The molecule has 0 amide bonds. The Kier molecular flexibility index (Phi) is 6.56. The number of ether oxygens (including phenoxy) is 1. The number of nitrogens with one attached hydrogen (secondary N) is 1. The van der Waals surface area contributed by atoms with Gasteiger partial charge in [0.15, 0.2) is 0 Å². The summed E-state index contributed by atoms with van der Waals surface area (Å²) >= 11 is 0. The first-order valence-corrected chi connectivity index (χ1v) is 8.68. The molecule has 1 aliphatic carbocycles. The zero-order valence-electron chi connectivity index (χ0n) is 13.9. The molecule has 0 aliphatic heterocycles. The molecule has 0 bridgehead atoms. The first kappa shape index (κ1) is 16.4. The molecule has 0 spiro atoms. The van der Waals surface area contributed by atoms with Gasteiger partial charge >= 0.3 is 0 Å². The van der Waals surface area contributed by atoms with Gasteiger partial charge in [0.1, 0.15) is 5.75 Å². The Morgan fingerprint density at radius 3 is 2.29 bits per heavy atom. The van der Waals surface area contributed by atoms with Crippen LogP contribution in [0.5, 0.6) is 5.75 Å². The highest BCUT2D eigenvalue weighted by molar-refractivity contribution is 5.29. The molecule has 1 fully saturated rings. The van der Waals surface area contributed by atoms with E-state index >= 15 is 0 Å². The molecule has 1 aromatic carbocycles. The molecule has 2 rings (SSSR count). The lowest BCUT2D eigenvalue weighted by atomic mass is 9.75. The van der Waals surface area contributed by atoms with Crippen molar-refractivity contribution in [1.82, 2.24) is 5.32 Å². The minimum absolute atomic E-state index is 0.489. The van der Waals surface area contributed by atoms with Crippen LogP contribution in [0.2, 0.25) is 0 Å². The van der Waals surface area contributed by atoms with E-state index in [0.717, 1.165) is 24.2 Å². The van der Waals surface area contributed by atoms with Crippen molar-refractivity contribution < 1.29 is 4.74 Å². The van der Waals surface area contributed by atoms with Crippen molar-refractivity contribution in [3.63, 3.8) is 0 Å². The number of rotatable bonds is 7. The Morgan fingerprint density at radius 1 is 1.10 bits per heavy atom. The molecule has 1 saturated carbocycles. The maximum absolute atomic E-state index is 5.54. The lowest BCUT2D eigenvalue weighted by molar-refractivity contribution is 0.219. The molecule has 118 valence electrons. The van der Waals surface area contributed by atoms with E-state index in [1.807, 2.05) is 6.92 Å². The fourth-order valence-corrected chi connectivity index (χ4v) is 3.83. The van der Waals surface area contributed by atoms with Crippen LogP contribution < -0.4 is 10.1 Å². The molecule has 1 aliphatic rings. The molecule has 0 radical (unpaired) electrons. The quantitative estimate of drug-likeness (QED) is 0.766. The molecule has 0 aromatic heterocycles. The SMILES string of the molecule is CCCC1CCC(C(NC)c2ccc(OCC)cc2)CC1. The largest absolute Gasteiger partial charge is 0.494 e. The molecular weight excluding hydrogens is 258 g/mol. The Labute approximate surface area is 130 Å². The summed E-state index contributed by atoms with van der Waals surface area (Å²) in [5, 5.41) is 3.55. The zero-order valence-corrected chi connectivity index (χ0v) is 13.9. The summed E-state index contributed by atoms with van der Waals surface area (Å²) in [6, 6.07) is 9.15. The van der Waals surface area contributed by atoms with Crippen molar-refractivity contribution in [2.45, 2.75) is 58.4 Å². The topological polar surface area (TPSA) is 21.3 Å². The molecule has 1 atom stereocenters. The minimum Gasteiger partial charge on any atom is -0.494 e. The lowest BCUT2D eigenvalue weighted by Gasteiger charge is -2.34. The van der Waals surface area contributed by atoms with Crippen LogP contribution in [0, 0.1) is 11.8 Å². The van der Waals surface area contributed by atoms with Crippen molar-refractivity contribution in [1.29, 1.82) is 0 Å². The maximum atomic E-state index is 5.54. The van der Waals surface area contributed by atoms with Crippen molar-refractivity contribution in [2.24, 2.45) is 11.8 Å². The molecule has 2 nitrogen and oxygen atoms in total. The van der Waals surface area contributed by atoms with Crippen LogP contribution in [-0.4, -0.2) is 13.7 Å². The number of benzene rings is 1. The molecular formula is C19H31NO. The molecule has 1 unspecified atom stereocenters. The molecule has 1 aromatic rings. The van der Waals surface area contributed by atoms with Crippen LogP contribution in [0.1, 0.15) is 64.0 Å². The first-order chi connectivity index (χ1) is 10.3. The third kappa shape index (κ3) is 4.47. The van der Waals surface area contributed by atoms with E-state index in [2.05, 4.69) is 43.6 Å². The second kappa shape index (κ2) is 8.43. The Hall–Kier alpha value is -1.02. The van der Waals surface area contributed by atoms with Gasteiger partial charge in [-0.25, -0.2) is 0 Å². The fourth-order valence-electron chi connectivity index (χ4n) is 3.83. The molecule has 0 heterocycles. The summed E-state index contributed by atoms with van der Waals surface area (Å²) in [4.78, 5) is 0. The van der Waals surface area contributed by atoms with Crippen LogP contribution >= 0.6 is 0 Å². The van der Waals surface area contributed by atoms with Crippen LogP contribution in [0.4, 0.5) is 0 Å². The fraction of sp³-hybridized carbons (Fsp3) is 0.684. The van der Waals surface area contributed by atoms with Gasteiger partial charge in [-0.3, -0.25) is 0 Å². The van der Waals surface area contributed by atoms with E-state index in [1.165, 1.54) is 44.1 Å². The van der Waals surface area contributed by atoms with E-state index in [-0.39, 0.29) is 0 Å². The highest BCUT2D eigenvalue weighted by Gasteiger charge is 2.27. The summed E-state index contributed by atoms with van der Waals surface area (Å²) in [7, 11) is 2.10. The average Bonchev–Trinajstić information content (AvgIpc) is 2.52. The standard InChI is InChI=1S/C19H31NO/c1-4-6-15-7-9-16(10-8-15)19(20-3)17-11-13-18(14-12-17)21-5-2/h11-16,19-20H,4-10H2,1-3H3. The van der Waals surface area contributed by atoms with E-state index in [4.69, 9.17) is 4.74 Å². The van der Waals surface area contributed by atoms with Crippen LogP contribution in [0.15, 0.2) is 24.3 Å². The predicted molar refractivity (Wildman–Crippen MR) is 89.8 cm³/mol. The van der Waals surface area contributed by atoms with Gasteiger partial charge in [-0.15, -0.1) is 0 Å². The van der Waals surface area contributed by atoms with Crippen molar-refractivity contribution in [2.75, 3.05) is 13.7 Å². The van der Waals surface area contributed by atoms with Gasteiger partial charge in [-0.05, 0) is 56.3 Å². The molecule has 2 heteroatoms. The van der Waals surface area contributed by atoms with Crippen molar-refractivity contribution in [3.8, 4) is 5.75 Å². The maximum Gasteiger partial charge on any atom is 0.119 e. The summed E-state index contributed by atoms with van der Waals surface area (Å²) in [5.74, 6) is 2.73. The molecule has 21 heavy (non-hydrogen) atoms. The predicted octanol–water partition coefficient (Wildman–Crippen LogP) is 4.95. The Balaban J connectivity index is 1.96. The molecule has 1 N–H and O–H groups in total. The van der Waals surface area contributed by atoms with Gasteiger partial charge in [-0.2, -0.15) is 0 Å². The summed E-state index contributed by atoms with van der Waals surface area (Å²) in [5.41, 5.74) is 1.40. The smallest absolute Gasteiger partial charge is 0.119 e. The average molecular weight is 289 g/mol. The third-order valence-corrected chi connectivity index (χ3v) is 4.92. The summed E-state index contributed by atoms with van der Waals surface area (Å²) in [6.45, 7) is 5.07. The van der Waals surface area contributed by atoms with Crippen LogP contribution in [0.25, 0.3) is 0 Å². The Bertz CT molecular complexity index is 393. The highest BCUT2D eigenvalue weighted by Crippen LogP contribution is 2.38. The summed E-state index contributed by atoms with van der Waals surface area (Å²) in [6.07, 6.45) is 8.30. The van der Waals surface area contributed by atoms with E-state index in [1.54, 1.807) is 0 Å².